The smallest absolute Gasteiger partial charge is 0.274 e. The van der Waals surface area contributed by atoms with Crippen LogP contribution in [0.5, 0.6) is 0 Å². The Morgan fingerprint density at radius 3 is 2.70 bits per heavy atom. The molecule has 0 aromatic carbocycles. The molecule has 0 bridgehead atoms. The maximum Gasteiger partial charge on any atom is 0.274 e. The van der Waals surface area contributed by atoms with E-state index in [1.54, 1.807) is 12.4 Å². The average Bonchev–Trinajstić information content (AvgIpc) is 2.57. The van der Waals surface area contributed by atoms with Crippen LogP contribution in [0.3, 0.4) is 0 Å². The van der Waals surface area contributed by atoms with Gasteiger partial charge in [-0.2, -0.15) is 0 Å². The standard InChI is InChI=1S/C17H26N4O2/c1-13-12-21(9-6-17(13,2)23)15-11-18-10-14(19-15)16(22)20-7-4-3-5-8-20/h10-11,13,23H,3-9,12H2,1-2H3/t13?,17-/m0/s1. The molecule has 2 atom stereocenters. The fraction of sp³-hybridized carbons (Fsp3) is 0.706. The van der Waals surface area contributed by atoms with Gasteiger partial charge < -0.3 is 14.9 Å². The molecular weight excluding hydrogens is 292 g/mol. The number of anilines is 1. The lowest BCUT2D eigenvalue weighted by Gasteiger charge is -2.41. The number of hydrogen-bond donors (Lipinski definition) is 1. The fourth-order valence-corrected chi connectivity index (χ4v) is 3.30. The highest BCUT2D eigenvalue weighted by Crippen LogP contribution is 2.29. The number of carbonyl (C=O) groups excluding carboxylic acids is 1. The Kier molecular flexibility index (Phi) is 4.53. The van der Waals surface area contributed by atoms with Crippen LogP contribution in [0, 0.1) is 5.92 Å². The number of nitrogens with zero attached hydrogens (tertiary/aromatic N) is 4. The van der Waals surface area contributed by atoms with Crippen molar-refractivity contribution >= 4 is 11.7 Å². The van der Waals surface area contributed by atoms with E-state index in [-0.39, 0.29) is 11.8 Å². The van der Waals surface area contributed by atoms with Gasteiger partial charge in [0.05, 0.1) is 18.0 Å². The number of piperidine rings is 2. The Bertz CT molecular complexity index is 569. The summed E-state index contributed by atoms with van der Waals surface area (Å²) in [6.45, 7) is 7.01. The minimum absolute atomic E-state index is 0.0175. The summed E-state index contributed by atoms with van der Waals surface area (Å²) in [5.74, 6) is 0.866. The number of amides is 1. The molecule has 0 spiro atoms. The van der Waals surface area contributed by atoms with Gasteiger partial charge in [-0.05, 0) is 32.6 Å². The van der Waals surface area contributed by atoms with Gasteiger partial charge >= 0.3 is 0 Å². The van der Waals surface area contributed by atoms with Crippen molar-refractivity contribution < 1.29 is 9.90 Å². The van der Waals surface area contributed by atoms with Crippen LogP contribution < -0.4 is 4.90 Å². The van der Waals surface area contributed by atoms with Crippen molar-refractivity contribution in [2.24, 2.45) is 5.92 Å². The van der Waals surface area contributed by atoms with E-state index in [2.05, 4.69) is 14.9 Å². The lowest BCUT2D eigenvalue weighted by atomic mass is 9.84. The van der Waals surface area contributed by atoms with Gasteiger partial charge in [-0.25, -0.2) is 4.98 Å². The van der Waals surface area contributed by atoms with Gasteiger partial charge in [0.25, 0.3) is 5.91 Å². The van der Waals surface area contributed by atoms with E-state index in [1.807, 2.05) is 18.7 Å². The Hall–Kier alpha value is -1.69. The minimum Gasteiger partial charge on any atom is -0.390 e. The molecule has 3 heterocycles. The summed E-state index contributed by atoms with van der Waals surface area (Å²) in [7, 11) is 0. The number of carbonyl (C=O) groups is 1. The molecular formula is C17H26N4O2. The van der Waals surface area contributed by atoms with Gasteiger partial charge in [-0.15, -0.1) is 0 Å². The molecule has 1 unspecified atom stereocenters. The molecule has 2 saturated heterocycles. The molecule has 2 fully saturated rings. The van der Waals surface area contributed by atoms with Crippen molar-refractivity contribution in [1.29, 1.82) is 0 Å². The summed E-state index contributed by atoms with van der Waals surface area (Å²) in [6, 6.07) is 0. The van der Waals surface area contributed by atoms with Crippen molar-refractivity contribution in [2.45, 2.75) is 45.1 Å². The quantitative estimate of drug-likeness (QED) is 0.899. The molecule has 1 N–H and O–H groups in total. The number of likely N-dealkylation sites (tertiary alicyclic amines) is 1. The first kappa shape index (κ1) is 16.2. The number of rotatable bonds is 2. The molecule has 1 amide bonds. The van der Waals surface area contributed by atoms with Crippen LogP contribution in [-0.2, 0) is 0 Å². The van der Waals surface area contributed by atoms with E-state index < -0.39 is 5.60 Å². The number of hydrogen-bond acceptors (Lipinski definition) is 5. The topological polar surface area (TPSA) is 69.6 Å². The molecule has 1 aromatic heterocycles. The average molecular weight is 318 g/mol. The first-order chi connectivity index (χ1) is 11.0. The lowest BCUT2D eigenvalue weighted by molar-refractivity contribution is -0.00950. The first-order valence-corrected chi connectivity index (χ1v) is 8.56. The van der Waals surface area contributed by atoms with Crippen molar-refractivity contribution in [3.05, 3.63) is 18.1 Å². The Morgan fingerprint density at radius 2 is 2.00 bits per heavy atom. The molecule has 0 saturated carbocycles. The number of aromatic nitrogens is 2. The molecule has 2 aliphatic rings. The predicted molar refractivity (Wildman–Crippen MR) is 88.4 cm³/mol. The highest BCUT2D eigenvalue weighted by atomic mass is 16.3. The van der Waals surface area contributed by atoms with E-state index >= 15 is 0 Å². The Labute approximate surface area is 137 Å². The maximum atomic E-state index is 12.6. The van der Waals surface area contributed by atoms with Gasteiger partial charge in [0.15, 0.2) is 0 Å². The SMILES string of the molecule is CC1CN(c2cncc(C(=O)N3CCCCC3)n2)CC[C@]1(C)O. The van der Waals surface area contributed by atoms with Crippen LogP contribution in [0.25, 0.3) is 0 Å². The van der Waals surface area contributed by atoms with Crippen LogP contribution >= 0.6 is 0 Å². The second-order valence-electron chi connectivity index (χ2n) is 7.07. The molecule has 2 aliphatic heterocycles. The largest absolute Gasteiger partial charge is 0.390 e. The molecule has 23 heavy (non-hydrogen) atoms. The third-order valence-electron chi connectivity index (χ3n) is 5.25. The summed E-state index contributed by atoms with van der Waals surface area (Å²) >= 11 is 0. The monoisotopic (exact) mass is 318 g/mol. The van der Waals surface area contributed by atoms with Gasteiger partial charge in [0.1, 0.15) is 11.5 Å². The lowest BCUT2D eigenvalue weighted by Crippen LogP contribution is -2.49. The Morgan fingerprint density at radius 1 is 1.26 bits per heavy atom. The zero-order valence-electron chi connectivity index (χ0n) is 14.0. The normalized spacial score (nSPS) is 28.7. The highest BCUT2D eigenvalue weighted by Gasteiger charge is 2.35. The summed E-state index contributed by atoms with van der Waals surface area (Å²) in [6.07, 6.45) is 7.29. The van der Waals surface area contributed by atoms with E-state index in [0.29, 0.717) is 12.1 Å². The predicted octanol–water partition coefficient (Wildman–Crippen LogP) is 1.70. The highest BCUT2D eigenvalue weighted by molar-refractivity contribution is 5.92. The van der Waals surface area contributed by atoms with Crippen molar-refractivity contribution in [3.63, 3.8) is 0 Å². The molecule has 0 aliphatic carbocycles. The van der Waals surface area contributed by atoms with Crippen LogP contribution in [0.1, 0.15) is 50.0 Å². The van der Waals surface area contributed by atoms with Crippen LogP contribution in [-0.4, -0.2) is 57.7 Å². The van der Waals surface area contributed by atoms with Gasteiger partial charge in [-0.3, -0.25) is 9.78 Å². The van der Waals surface area contributed by atoms with Crippen LogP contribution in [0.15, 0.2) is 12.4 Å². The van der Waals surface area contributed by atoms with Crippen molar-refractivity contribution in [1.82, 2.24) is 14.9 Å². The van der Waals surface area contributed by atoms with E-state index in [9.17, 15) is 9.90 Å². The molecule has 6 heteroatoms. The third kappa shape index (κ3) is 3.47. The summed E-state index contributed by atoms with van der Waals surface area (Å²) in [5, 5.41) is 10.3. The molecule has 3 rings (SSSR count). The molecule has 126 valence electrons. The number of aliphatic hydroxyl groups is 1. The minimum atomic E-state index is -0.634. The molecule has 6 nitrogen and oxygen atoms in total. The molecule has 0 radical (unpaired) electrons. The van der Waals surface area contributed by atoms with Gasteiger partial charge in [0, 0.05) is 32.1 Å². The van der Waals surface area contributed by atoms with Gasteiger partial charge in [0.2, 0.25) is 0 Å². The zero-order valence-corrected chi connectivity index (χ0v) is 14.0. The van der Waals surface area contributed by atoms with Crippen molar-refractivity contribution in [2.75, 3.05) is 31.1 Å². The van der Waals surface area contributed by atoms with Gasteiger partial charge in [-0.1, -0.05) is 6.92 Å². The fourth-order valence-electron chi connectivity index (χ4n) is 3.30. The maximum absolute atomic E-state index is 12.6. The first-order valence-electron chi connectivity index (χ1n) is 8.56. The summed E-state index contributed by atoms with van der Waals surface area (Å²) in [5.41, 5.74) is -0.208. The van der Waals surface area contributed by atoms with Crippen LogP contribution in [0.4, 0.5) is 5.82 Å². The molecule has 1 aromatic rings. The van der Waals surface area contributed by atoms with Crippen molar-refractivity contribution in [3.8, 4) is 0 Å². The summed E-state index contributed by atoms with van der Waals surface area (Å²) < 4.78 is 0. The second kappa shape index (κ2) is 6.43. The Balaban J connectivity index is 1.74. The third-order valence-corrected chi connectivity index (χ3v) is 5.25. The van der Waals surface area contributed by atoms with E-state index in [0.717, 1.165) is 44.8 Å². The van der Waals surface area contributed by atoms with E-state index in [4.69, 9.17) is 0 Å². The van der Waals surface area contributed by atoms with Crippen LogP contribution in [0.2, 0.25) is 0 Å². The summed E-state index contributed by atoms with van der Waals surface area (Å²) in [4.78, 5) is 25.3. The van der Waals surface area contributed by atoms with E-state index in [1.165, 1.54) is 6.42 Å². The zero-order chi connectivity index (χ0) is 16.4. The second-order valence-corrected chi connectivity index (χ2v) is 7.07.